The van der Waals surface area contributed by atoms with Crippen molar-refractivity contribution in [2.45, 2.75) is 51.8 Å². The third-order valence-corrected chi connectivity index (χ3v) is 5.90. The number of hydrogen-bond donors (Lipinski definition) is 2. The fourth-order valence-corrected chi connectivity index (χ4v) is 3.09. The van der Waals surface area contributed by atoms with Crippen LogP contribution in [0.2, 0.25) is 25.7 Å². The zero-order valence-electron chi connectivity index (χ0n) is 15.7. The molecule has 0 saturated carbocycles. The Hall–Kier alpha value is -1.23. The Morgan fingerprint density at radius 1 is 1.38 bits per heavy atom. The number of nitrogens with one attached hydrogen (secondary N) is 1. The van der Waals surface area contributed by atoms with Gasteiger partial charge in [0, 0.05) is 20.7 Å². The first kappa shape index (κ1) is 22.8. The first-order chi connectivity index (χ1) is 12.1. The largest absolute Gasteiger partial charge is 0.481 e. The fraction of sp³-hybridized carbons (Fsp3) is 0.688. The minimum absolute atomic E-state index is 0.0360. The molecule has 0 aliphatic heterocycles. The number of nitrogens with zero attached hydrogens (tertiary/aromatic N) is 2. The highest BCUT2D eigenvalue weighted by Gasteiger charge is 2.14. The number of rotatable bonds is 12. The van der Waals surface area contributed by atoms with Crippen LogP contribution in [0.25, 0.3) is 0 Å². The van der Waals surface area contributed by atoms with Crippen molar-refractivity contribution < 1.29 is 19.4 Å². The van der Waals surface area contributed by atoms with Gasteiger partial charge >= 0.3 is 5.97 Å². The summed E-state index contributed by atoms with van der Waals surface area (Å²) in [4.78, 5) is 22.8. The van der Waals surface area contributed by atoms with Crippen molar-refractivity contribution >= 4 is 35.7 Å². The molecule has 1 heterocycles. The van der Waals surface area contributed by atoms with Gasteiger partial charge < -0.3 is 19.9 Å². The Morgan fingerprint density at radius 2 is 2.08 bits per heavy atom. The molecular formula is C16H28BrN3O5Si. The summed E-state index contributed by atoms with van der Waals surface area (Å²) in [5.41, 5.74) is 0.282. The molecule has 0 fully saturated rings. The summed E-state index contributed by atoms with van der Waals surface area (Å²) in [7, 11) is -1.16. The van der Waals surface area contributed by atoms with Crippen molar-refractivity contribution in [2.24, 2.45) is 0 Å². The maximum absolute atomic E-state index is 12.3. The third kappa shape index (κ3) is 8.92. The van der Waals surface area contributed by atoms with Gasteiger partial charge in [0.2, 0.25) is 0 Å². The van der Waals surface area contributed by atoms with Crippen LogP contribution in [0.4, 0.5) is 5.69 Å². The first-order valence-electron chi connectivity index (χ1n) is 8.49. The number of carboxylic acids is 1. The van der Waals surface area contributed by atoms with Crippen molar-refractivity contribution in [1.29, 1.82) is 0 Å². The van der Waals surface area contributed by atoms with Crippen LogP contribution in [-0.4, -0.2) is 54.8 Å². The molecule has 1 aromatic rings. The summed E-state index contributed by atoms with van der Waals surface area (Å²) in [5.74, 6) is -0.895. The normalized spacial score (nSPS) is 12.8. The monoisotopic (exact) mass is 449 g/mol. The second-order valence-corrected chi connectivity index (χ2v) is 13.7. The Bertz CT molecular complexity index is 648. The molecule has 0 unspecified atom stereocenters. The van der Waals surface area contributed by atoms with Gasteiger partial charge in [-0.05, 0) is 28.9 Å². The van der Waals surface area contributed by atoms with Gasteiger partial charge in [-0.15, -0.1) is 0 Å². The molecule has 0 aliphatic carbocycles. The lowest BCUT2D eigenvalue weighted by molar-refractivity contribution is -0.138. The fourth-order valence-electron chi connectivity index (χ4n) is 1.91. The van der Waals surface area contributed by atoms with Crippen LogP contribution in [0.3, 0.4) is 0 Å². The van der Waals surface area contributed by atoms with Gasteiger partial charge in [0.15, 0.2) is 0 Å². The van der Waals surface area contributed by atoms with E-state index in [0.29, 0.717) is 23.4 Å². The van der Waals surface area contributed by atoms with Crippen molar-refractivity contribution in [3.05, 3.63) is 21.0 Å². The van der Waals surface area contributed by atoms with Gasteiger partial charge in [0.05, 0.1) is 31.5 Å². The van der Waals surface area contributed by atoms with Crippen LogP contribution in [-0.2, 0) is 21.0 Å². The minimum atomic E-state index is -1.16. The van der Waals surface area contributed by atoms with Gasteiger partial charge in [-0.25, -0.2) is 4.68 Å². The van der Waals surface area contributed by atoms with Gasteiger partial charge in [-0.3, -0.25) is 9.59 Å². The molecule has 0 aromatic carbocycles. The van der Waals surface area contributed by atoms with Crippen LogP contribution in [0.1, 0.15) is 13.3 Å². The molecule has 1 rings (SSSR count). The quantitative estimate of drug-likeness (QED) is 0.373. The maximum Gasteiger partial charge on any atom is 0.305 e. The van der Waals surface area contributed by atoms with Gasteiger partial charge in [-0.2, -0.15) is 5.10 Å². The number of anilines is 1. The van der Waals surface area contributed by atoms with Crippen LogP contribution in [0.15, 0.2) is 15.5 Å². The third-order valence-electron chi connectivity index (χ3n) is 3.42. The molecule has 0 saturated heterocycles. The molecule has 0 amide bonds. The van der Waals surface area contributed by atoms with E-state index in [1.807, 2.05) is 6.92 Å². The Kier molecular flexibility index (Phi) is 9.48. The van der Waals surface area contributed by atoms with E-state index in [1.54, 1.807) is 6.20 Å². The summed E-state index contributed by atoms with van der Waals surface area (Å²) in [6.07, 6.45) is 1.52. The van der Waals surface area contributed by atoms with E-state index in [0.717, 1.165) is 6.04 Å². The number of aromatic nitrogens is 2. The van der Waals surface area contributed by atoms with Crippen LogP contribution in [0, 0.1) is 0 Å². The Labute approximate surface area is 163 Å². The summed E-state index contributed by atoms with van der Waals surface area (Å²) < 4.78 is 12.5. The Balaban J connectivity index is 2.52. The van der Waals surface area contributed by atoms with Crippen LogP contribution in [0.5, 0.6) is 0 Å². The van der Waals surface area contributed by atoms with Crippen LogP contribution >= 0.6 is 15.9 Å². The molecule has 1 atom stereocenters. The van der Waals surface area contributed by atoms with E-state index >= 15 is 0 Å². The highest BCUT2D eigenvalue weighted by molar-refractivity contribution is 9.10. The minimum Gasteiger partial charge on any atom is -0.481 e. The van der Waals surface area contributed by atoms with Crippen molar-refractivity contribution in [1.82, 2.24) is 9.78 Å². The number of carboxylic acid groups (broad SMARTS) is 1. The van der Waals surface area contributed by atoms with Crippen molar-refractivity contribution in [2.75, 3.05) is 25.1 Å². The molecule has 1 aromatic heterocycles. The lowest BCUT2D eigenvalue weighted by atomic mass is 10.3. The van der Waals surface area contributed by atoms with E-state index in [1.165, 1.54) is 4.68 Å². The maximum atomic E-state index is 12.3. The highest BCUT2D eigenvalue weighted by Crippen LogP contribution is 2.17. The molecule has 26 heavy (non-hydrogen) atoms. The summed E-state index contributed by atoms with van der Waals surface area (Å²) in [6.45, 7) is 9.89. The lowest BCUT2D eigenvalue weighted by Crippen LogP contribution is -2.29. The number of ether oxygens (including phenoxy) is 2. The van der Waals surface area contributed by atoms with E-state index < -0.39 is 14.0 Å². The average molecular weight is 450 g/mol. The van der Waals surface area contributed by atoms with Crippen molar-refractivity contribution in [3.8, 4) is 0 Å². The SMILES string of the molecule is C[C@@H](COCCC(=O)O)Nc1cnn(COCC[Si](C)(C)C)c(=O)c1Br. The molecule has 148 valence electrons. The van der Waals surface area contributed by atoms with E-state index in [-0.39, 0.29) is 31.4 Å². The predicted molar refractivity (Wildman–Crippen MR) is 106 cm³/mol. The molecule has 10 heteroatoms. The number of carbonyl (C=O) groups is 1. The summed E-state index contributed by atoms with van der Waals surface area (Å²) in [6, 6.07) is 0.923. The standard InChI is InChI=1S/C16H28BrN3O5Si/c1-12(10-24-6-5-14(21)22)19-13-9-18-20(16(23)15(13)17)11-25-7-8-26(2,3)4/h9,12,19H,5-8,10-11H2,1-4H3,(H,21,22)/t12-/m0/s1. The Morgan fingerprint density at radius 3 is 2.69 bits per heavy atom. The molecule has 2 N–H and O–H groups in total. The molecule has 0 bridgehead atoms. The van der Waals surface area contributed by atoms with E-state index in [9.17, 15) is 9.59 Å². The second-order valence-electron chi connectivity index (χ2n) is 7.29. The van der Waals surface area contributed by atoms with Gasteiger partial charge in [0.25, 0.3) is 5.56 Å². The first-order valence-corrected chi connectivity index (χ1v) is 13.0. The lowest BCUT2D eigenvalue weighted by Gasteiger charge is -2.17. The van der Waals surface area contributed by atoms with E-state index in [4.69, 9.17) is 14.6 Å². The average Bonchev–Trinajstić information content (AvgIpc) is 2.53. The number of aliphatic carboxylic acids is 1. The summed E-state index contributed by atoms with van der Waals surface area (Å²) >= 11 is 3.30. The number of halogens is 1. The second kappa shape index (κ2) is 10.8. The molecule has 0 spiro atoms. The van der Waals surface area contributed by atoms with E-state index in [2.05, 4.69) is 46.0 Å². The smallest absolute Gasteiger partial charge is 0.305 e. The zero-order valence-corrected chi connectivity index (χ0v) is 18.3. The molecule has 0 radical (unpaired) electrons. The summed E-state index contributed by atoms with van der Waals surface area (Å²) in [5, 5.41) is 15.8. The number of hydrogen-bond acceptors (Lipinski definition) is 6. The van der Waals surface area contributed by atoms with Crippen LogP contribution < -0.4 is 10.9 Å². The molecule has 8 nitrogen and oxygen atoms in total. The van der Waals surface area contributed by atoms with Gasteiger partial charge in [0.1, 0.15) is 11.2 Å². The molecular weight excluding hydrogens is 422 g/mol. The zero-order chi connectivity index (χ0) is 19.7. The van der Waals surface area contributed by atoms with Gasteiger partial charge in [-0.1, -0.05) is 19.6 Å². The molecule has 0 aliphatic rings. The van der Waals surface area contributed by atoms with Crippen molar-refractivity contribution in [3.63, 3.8) is 0 Å². The topological polar surface area (TPSA) is 103 Å². The highest BCUT2D eigenvalue weighted by atomic mass is 79.9. The predicted octanol–water partition coefficient (Wildman–Crippen LogP) is 2.61.